The summed E-state index contributed by atoms with van der Waals surface area (Å²) in [6.45, 7) is 5.29. The summed E-state index contributed by atoms with van der Waals surface area (Å²) in [4.78, 5) is 4.17. The fourth-order valence-corrected chi connectivity index (χ4v) is 1.10. The molecule has 0 fully saturated rings. The van der Waals surface area contributed by atoms with Gasteiger partial charge in [0.1, 0.15) is 5.82 Å². The van der Waals surface area contributed by atoms with Gasteiger partial charge in [-0.25, -0.2) is 4.98 Å². The van der Waals surface area contributed by atoms with E-state index >= 15 is 0 Å². The Morgan fingerprint density at radius 3 is 2.71 bits per heavy atom. The van der Waals surface area contributed by atoms with Crippen molar-refractivity contribution >= 4 is 23.3 Å². The van der Waals surface area contributed by atoms with E-state index in [4.69, 9.17) is 5.73 Å². The fourth-order valence-electron chi connectivity index (χ4n) is 0.885. The zero-order valence-corrected chi connectivity index (χ0v) is 9.69. The molecule has 4 heteroatoms. The number of pyridine rings is 1. The van der Waals surface area contributed by atoms with E-state index in [9.17, 15) is 0 Å². The maximum atomic E-state index is 5.54. The van der Waals surface area contributed by atoms with Crippen LogP contribution in [0, 0.1) is 0 Å². The van der Waals surface area contributed by atoms with E-state index in [1.54, 1.807) is 6.20 Å². The van der Waals surface area contributed by atoms with Gasteiger partial charge in [0.2, 0.25) is 0 Å². The van der Waals surface area contributed by atoms with E-state index < -0.39 is 0 Å². The Balaban J connectivity index is 2.50. The minimum absolute atomic E-state index is 0.225. The number of nitrogens with zero attached hydrogens (tertiary/aromatic N) is 1. The molecule has 1 aromatic rings. The molecule has 1 aromatic heterocycles. The van der Waals surface area contributed by atoms with Crippen LogP contribution in [0.2, 0.25) is 0 Å². The Hall–Kier alpha value is -0.900. The predicted molar refractivity (Wildman–Crippen MR) is 64.7 cm³/mol. The van der Waals surface area contributed by atoms with Gasteiger partial charge in [0, 0.05) is 11.3 Å². The Labute approximate surface area is 89.5 Å². The lowest BCUT2D eigenvalue weighted by atomic mass is 10.2. The second-order valence-corrected chi connectivity index (χ2v) is 5.31. The van der Waals surface area contributed by atoms with E-state index in [1.165, 1.54) is 0 Å². The van der Waals surface area contributed by atoms with Gasteiger partial charge in [-0.15, -0.1) is 0 Å². The largest absolute Gasteiger partial charge is 0.397 e. The van der Waals surface area contributed by atoms with Crippen LogP contribution >= 0.6 is 11.8 Å². The summed E-state index contributed by atoms with van der Waals surface area (Å²) in [6.07, 6.45) is 3.77. The smallest absolute Gasteiger partial charge is 0.126 e. The molecule has 1 heterocycles. The molecule has 0 unspecified atom stereocenters. The SMILES string of the molecule is CSC(C)(C)CNc1ccc(N)cn1. The van der Waals surface area contributed by atoms with Gasteiger partial charge in [-0.2, -0.15) is 11.8 Å². The van der Waals surface area contributed by atoms with Crippen LogP contribution in [0.1, 0.15) is 13.8 Å². The van der Waals surface area contributed by atoms with Crippen molar-refractivity contribution in [3.63, 3.8) is 0 Å². The molecule has 0 spiro atoms. The van der Waals surface area contributed by atoms with Crippen LogP contribution in [-0.4, -0.2) is 22.5 Å². The van der Waals surface area contributed by atoms with Crippen molar-refractivity contribution in [1.29, 1.82) is 0 Å². The van der Waals surface area contributed by atoms with Crippen molar-refractivity contribution in [2.75, 3.05) is 23.9 Å². The van der Waals surface area contributed by atoms with Gasteiger partial charge in [0.25, 0.3) is 0 Å². The third-order valence-corrected chi connectivity index (χ3v) is 3.28. The number of thioether (sulfide) groups is 1. The molecule has 0 aromatic carbocycles. The Kier molecular flexibility index (Phi) is 3.63. The summed E-state index contributed by atoms with van der Waals surface area (Å²) < 4.78 is 0.225. The number of rotatable bonds is 4. The molecule has 14 heavy (non-hydrogen) atoms. The number of hydrogen-bond acceptors (Lipinski definition) is 4. The molecule has 0 aliphatic carbocycles. The predicted octanol–water partition coefficient (Wildman–Crippen LogP) is 2.22. The summed E-state index contributed by atoms with van der Waals surface area (Å²) >= 11 is 1.83. The summed E-state index contributed by atoms with van der Waals surface area (Å²) in [5.41, 5.74) is 6.23. The molecule has 3 N–H and O–H groups in total. The first-order chi connectivity index (χ1) is 6.53. The van der Waals surface area contributed by atoms with Crippen LogP contribution < -0.4 is 11.1 Å². The third-order valence-electron chi connectivity index (χ3n) is 2.03. The topological polar surface area (TPSA) is 50.9 Å². The van der Waals surface area contributed by atoms with Gasteiger partial charge in [-0.1, -0.05) is 0 Å². The first-order valence-corrected chi connectivity index (χ1v) is 5.76. The standard InChI is InChI=1S/C10H17N3S/c1-10(2,14-3)7-13-9-5-4-8(11)6-12-9/h4-6H,7,11H2,1-3H3,(H,12,13). The summed E-state index contributed by atoms with van der Waals surface area (Å²) in [5, 5.41) is 3.28. The first-order valence-electron chi connectivity index (χ1n) is 4.54. The van der Waals surface area contributed by atoms with Crippen molar-refractivity contribution in [1.82, 2.24) is 4.98 Å². The lowest BCUT2D eigenvalue weighted by molar-refractivity contribution is 0.750. The number of anilines is 2. The zero-order chi connectivity index (χ0) is 10.6. The average Bonchev–Trinajstić information content (AvgIpc) is 2.17. The number of aromatic nitrogens is 1. The van der Waals surface area contributed by atoms with E-state index in [-0.39, 0.29) is 4.75 Å². The van der Waals surface area contributed by atoms with Crippen LogP contribution in [0.25, 0.3) is 0 Å². The van der Waals surface area contributed by atoms with Gasteiger partial charge in [-0.05, 0) is 32.2 Å². The van der Waals surface area contributed by atoms with E-state index in [0.29, 0.717) is 5.69 Å². The van der Waals surface area contributed by atoms with E-state index in [0.717, 1.165) is 12.4 Å². The van der Waals surface area contributed by atoms with E-state index in [2.05, 4.69) is 30.4 Å². The highest BCUT2D eigenvalue weighted by atomic mass is 32.2. The minimum atomic E-state index is 0.225. The van der Waals surface area contributed by atoms with Crippen molar-refractivity contribution < 1.29 is 0 Å². The second kappa shape index (κ2) is 4.55. The number of nitrogens with one attached hydrogen (secondary N) is 1. The molecule has 0 saturated heterocycles. The highest BCUT2D eigenvalue weighted by Gasteiger charge is 2.15. The molecular weight excluding hydrogens is 194 g/mol. The van der Waals surface area contributed by atoms with Crippen LogP contribution in [0.15, 0.2) is 18.3 Å². The molecule has 3 nitrogen and oxygen atoms in total. The van der Waals surface area contributed by atoms with Crippen LogP contribution in [0.5, 0.6) is 0 Å². The molecule has 78 valence electrons. The average molecular weight is 211 g/mol. The monoisotopic (exact) mass is 211 g/mol. The molecular formula is C10H17N3S. The van der Waals surface area contributed by atoms with Crippen molar-refractivity contribution in [3.05, 3.63) is 18.3 Å². The van der Waals surface area contributed by atoms with Gasteiger partial charge in [-0.3, -0.25) is 0 Å². The lowest BCUT2D eigenvalue weighted by Gasteiger charge is -2.22. The second-order valence-electron chi connectivity index (χ2n) is 3.79. The minimum Gasteiger partial charge on any atom is -0.397 e. The maximum absolute atomic E-state index is 5.54. The molecule has 0 radical (unpaired) electrons. The van der Waals surface area contributed by atoms with Crippen molar-refractivity contribution in [3.8, 4) is 0 Å². The number of nitrogen functional groups attached to an aromatic ring is 1. The van der Waals surface area contributed by atoms with Crippen molar-refractivity contribution in [2.45, 2.75) is 18.6 Å². The lowest BCUT2D eigenvalue weighted by Crippen LogP contribution is -2.26. The summed E-state index contributed by atoms with van der Waals surface area (Å²) in [7, 11) is 0. The molecule has 1 rings (SSSR count). The molecule has 0 saturated carbocycles. The fraction of sp³-hybridized carbons (Fsp3) is 0.500. The van der Waals surface area contributed by atoms with Crippen LogP contribution in [-0.2, 0) is 0 Å². The van der Waals surface area contributed by atoms with Crippen molar-refractivity contribution in [2.24, 2.45) is 0 Å². The maximum Gasteiger partial charge on any atom is 0.126 e. The highest BCUT2D eigenvalue weighted by molar-refractivity contribution is 7.99. The molecule has 0 amide bonds. The van der Waals surface area contributed by atoms with Gasteiger partial charge in [0.15, 0.2) is 0 Å². The summed E-state index contributed by atoms with van der Waals surface area (Å²) in [5.74, 6) is 0.876. The highest BCUT2D eigenvalue weighted by Crippen LogP contribution is 2.21. The van der Waals surface area contributed by atoms with Gasteiger partial charge < -0.3 is 11.1 Å². The zero-order valence-electron chi connectivity index (χ0n) is 8.87. The normalized spacial score (nSPS) is 11.4. The number of nitrogens with two attached hydrogens (primary N) is 1. The van der Waals surface area contributed by atoms with Gasteiger partial charge >= 0.3 is 0 Å². The van der Waals surface area contributed by atoms with Gasteiger partial charge in [0.05, 0.1) is 11.9 Å². The Morgan fingerprint density at radius 1 is 1.50 bits per heavy atom. The summed E-state index contributed by atoms with van der Waals surface area (Å²) in [6, 6.07) is 3.74. The molecule has 0 aliphatic heterocycles. The first kappa shape index (κ1) is 11.2. The number of hydrogen-bond donors (Lipinski definition) is 2. The van der Waals surface area contributed by atoms with E-state index in [1.807, 2.05) is 23.9 Å². The molecule has 0 atom stereocenters. The third kappa shape index (κ3) is 3.46. The quantitative estimate of drug-likeness (QED) is 0.801. The Morgan fingerprint density at radius 2 is 2.21 bits per heavy atom. The molecule has 0 bridgehead atoms. The Bertz CT molecular complexity index is 282. The van der Waals surface area contributed by atoms with Crippen LogP contribution in [0.3, 0.4) is 0 Å². The van der Waals surface area contributed by atoms with Crippen LogP contribution in [0.4, 0.5) is 11.5 Å². The molecule has 0 aliphatic rings.